The molecule has 3 unspecified atom stereocenters. The zero-order chi connectivity index (χ0) is 21.5. The molecule has 1 fully saturated rings. The number of fused-ring (bicyclic) bond motifs is 4. The smallest absolute Gasteiger partial charge is 0.275 e. The van der Waals surface area contributed by atoms with Gasteiger partial charge >= 0.3 is 0 Å². The molecule has 2 aliphatic heterocycles. The van der Waals surface area contributed by atoms with E-state index in [-0.39, 0.29) is 23.4 Å². The van der Waals surface area contributed by atoms with Gasteiger partial charge in [0, 0.05) is 31.2 Å². The van der Waals surface area contributed by atoms with Crippen LogP contribution in [0, 0.1) is 11.1 Å². The van der Waals surface area contributed by atoms with Gasteiger partial charge in [-0.15, -0.1) is 5.10 Å². The molecule has 2 aromatic heterocycles. The molecule has 2 bridgehead atoms. The summed E-state index contributed by atoms with van der Waals surface area (Å²) in [5, 5.41) is 31.4. The van der Waals surface area contributed by atoms with Crippen LogP contribution in [0.4, 0.5) is 5.69 Å². The number of amides is 1. The number of hydrogen-bond acceptors (Lipinski definition) is 8. The normalized spacial score (nSPS) is 20.8. The second kappa shape index (κ2) is 7.60. The summed E-state index contributed by atoms with van der Waals surface area (Å²) in [4.78, 5) is 28.0. The molecule has 11 heteroatoms. The van der Waals surface area contributed by atoms with Crippen molar-refractivity contribution in [2.75, 3.05) is 18.3 Å². The van der Waals surface area contributed by atoms with Crippen molar-refractivity contribution in [3.63, 3.8) is 0 Å². The van der Waals surface area contributed by atoms with Crippen molar-refractivity contribution in [1.29, 1.82) is 0 Å². The van der Waals surface area contributed by atoms with Crippen LogP contribution in [0.15, 0.2) is 53.6 Å². The SMILES string of the molecule is O=C(C(c1ccccc1)n1cnnn1)N1CC2CC(C1)c1ccc(N([O-])O)c(=O)n1C2. The number of hydrogen-bond donors (Lipinski definition) is 1. The Morgan fingerprint density at radius 1 is 1.16 bits per heavy atom. The molecular weight excluding hydrogens is 402 g/mol. The molecule has 0 saturated carbocycles. The predicted octanol–water partition coefficient (Wildman–Crippen LogP) is 0.763. The average molecular weight is 422 g/mol. The molecule has 3 atom stereocenters. The number of benzene rings is 1. The van der Waals surface area contributed by atoms with Gasteiger partial charge in [-0.3, -0.25) is 14.8 Å². The highest BCUT2D eigenvalue weighted by atomic mass is 16.8. The Hall–Kier alpha value is -3.57. The first-order chi connectivity index (χ1) is 15.0. The summed E-state index contributed by atoms with van der Waals surface area (Å²) in [6, 6.07) is 11.7. The molecule has 5 rings (SSSR count). The van der Waals surface area contributed by atoms with Crippen molar-refractivity contribution < 1.29 is 10.0 Å². The van der Waals surface area contributed by atoms with Crippen LogP contribution in [0.2, 0.25) is 0 Å². The van der Waals surface area contributed by atoms with Crippen LogP contribution in [0.25, 0.3) is 0 Å². The van der Waals surface area contributed by atoms with Crippen LogP contribution >= 0.6 is 0 Å². The van der Waals surface area contributed by atoms with Crippen molar-refractivity contribution in [2.45, 2.75) is 24.9 Å². The maximum Gasteiger partial charge on any atom is 0.275 e. The maximum atomic E-state index is 13.6. The molecular formula is C20H20N7O4-. The predicted molar refractivity (Wildman–Crippen MR) is 108 cm³/mol. The fraction of sp³-hybridized carbons (Fsp3) is 0.350. The summed E-state index contributed by atoms with van der Waals surface area (Å²) in [7, 11) is 0. The highest BCUT2D eigenvalue weighted by molar-refractivity contribution is 5.83. The van der Waals surface area contributed by atoms with E-state index in [1.54, 1.807) is 10.6 Å². The number of likely N-dealkylation sites (tertiary alicyclic amines) is 1. The number of carbonyl (C=O) groups is 1. The van der Waals surface area contributed by atoms with Gasteiger partial charge in [0.25, 0.3) is 11.5 Å². The van der Waals surface area contributed by atoms with E-state index in [2.05, 4.69) is 15.5 Å². The van der Waals surface area contributed by atoms with E-state index >= 15 is 0 Å². The van der Waals surface area contributed by atoms with Crippen molar-refractivity contribution in [3.8, 4) is 0 Å². The molecule has 31 heavy (non-hydrogen) atoms. The van der Waals surface area contributed by atoms with Gasteiger partial charge in [-0.2, -0.15) is 0 Å². The third-order valence-electron chi connectivity index (χ3n) is 6.08. The second-order valence-electron chi connectivity index (χ2n) is 7.98. The minimum atomic E-state index is -0.678. The lowest BCUT2D eigenvalue weighted by Gasteiger charge is -2.44. The Bertz CT molecular complexity index is 1150. The molecule has 1 saturated heterocycles. The van der Waals surface area contributed by atoms with Gasteiger partial charge in [-0.25, -0.2) is 4.68 Å². The van der Waals surface area contributed by atoms with Crippen LogP contribution in [0.3, 0.4) is 0 Å². The standard InChI is InChI=1S/C20H20N7O4/c28-19-17(27(30)31)7-6-16-15-8-13(10-25(16)19)9-24(11-15)20(29)18(26-12-21-22-23-26)14-4-2-1-3-5-14/h1-7,12-13,15,18,30H,8-11H2/q-1. The number of carbonyl (C=O) groups excluding carboxylic acids is 1. The van der Waals surface area contributed by atoms with Gasteiger partial charge in [0.05, 0.1) is 0 Å². The molecule has 3 aromatic rings. The van der Waals surface area contributed by atoms with E-state index in [0.29, 0.717) is 19.6 Å². The number of anilines is 1. The molecule has 11 nitrogen and oxygen atoms in total. The number of piperidine rings is 1. The Balaban J connectivity index is 1.46. The minimum absolute atomic E-state index is 0.0395. The third kappa shape index (κ3) is 3.37. The molecule has 0 radical (unpaired) electrons. The lowest BCUT2D eigenvalue weighted by molar-refractivity contribution is -0.136. The number of aromatic nitrogens is 5. The zero-order valence-corrected chi connectivity index (χ0v) is 16.5. The number of rotatable bonds is 4. The van der Waals surface area contributed by atoms with Crippen LogP contribution in [-0.4, -0.2) is 53.9 Å². The van der Waals surface area contributed by atoms with Crippen LogP contribution < -0.4 is 10.8 Å². The van der Waals surface area contributed by atoms with Gasteiger partial charge in [0.1, 0.15) is 12.0 Å². The second-order valence-corrected chi connectivity index (χ2v) is 7.98. The van der Waals surface area contributed by atoms with E-state index in [4.69, 9.17) is 0 Å². The fourth-order valence-electron chi connectivity index (χ4n) is 4.76. The van der Waals surface area contributed by atoms with Crippen molar-refractivity contribution in [3.05, 3.63) is 75.6 Å². The molecule has 1 aromatic carbocycles. The molecule has 1 amide bonds. The fourth-order valence-corrected chi connectivity index (χ4v) is 4.76. The maximum absolute atomic E-state index is 13.6. The van der Waals surface area contributed by atoms with Gasteiger partial charge in [-0.05, 0) is 40.5 Å². The molecule has 4 heterocycles. The first-order valence-corrected chi connectivity index (χ1v) is 9.99. The van der Waals surface area contributed by atoms with E-state index in [0.717, 1.165) is 17.7 Å². The number of nitrogens with zero attached hydrogens (tertiary/aromatic N) is 7. The quantitative estimate of drug-likeness (QED) is 0.610. The lowest BCUT2D eigenvalue weighted by atomic mass is 9.82. The largest absolute Gasteiger partial charge is 0.733 e. The summed E-state index contributed by atoms with van der Waals surface area (Å²) in [6.07, 6.45) is 2.28. The van der Waals surface area contributed by atoms with Gasteiger partial charge in [0.15, 0.2) is 6.04 Å². The van der Waals surface area contributed by atoms with Gasteiger partial charge in [0.2, 0.25) is 0 Å². The summed E-state index contributed by atoms with van der Waals surface area (Å²) in [5.74, 6) is -0.0868. The van der Waals surface area contributed by atoms with Crippen LogP contribution in [-0.2, 0) is 11.3 Å². The molecule has 1 N–H and O–H groups in total. The van der Waals surface area contributed by atoms with E-state index in [9.17, 15) is 20.0 Å². The van der Waals surface area contributed by atoms with Gasteiger partial charge < -0.3 is 19.9 Å². The van der Waals surface area contributed by atoms with Gasteiger partial charge in [-0.1, -0.05) is 30.3 Å². The number of pyridine rings is 1. The topological polar surface area (TPSA) is 132 Å². The lowest BCUT2D eigenvalue weighted by Crippen LogP contribution is -2.51. The van der Waals surface area contributed by atoms with Crippen LogP contribution in [0.1, 0.15) is 29.6 Å². The van der Waals surface area contributed by atoms with Crippen LogP contribution in [0.5, 0.6) is 0 Å². The first-order valence-electron chi connectivity index (χ1n) is 9.99. The Labute approximate surface area is 176 Å². The Morgan fingerprint density at radius 3 is 2.68 bits per heavy atom. The first kappa shape index (κ1) is 19.4. The number of tetrazole rings is 1. The minimum Gasteiger partial charge on any atom is -0.733 e. The summed E-state index contributed by atoms with van der Waals surface area (Å²) in [6.45, 7) is 1.31. The molecule has 0 spiro atoms. The third-order valence-corrected chi connectivity index (χ3v) is 6.08. The average Bonchev–Trinajstić information content (AvgIpc) is 3.29. The van der Waals surface area contributed by atoms with Crippen molar-refractivity contribution >= 4 is 11.6 Å². The summed E-state index contributed by atoms with van der Waals surface area (Å²) >= 11 is 0. The summed E-state index contributed by atoms with van der Waals surface area (Å²) < 4.78 is 3.00. The Morgan fingerprint density at radius 2 is 1.97 bits per heavy atom. The van der Waals surface area contributed by atoms with E-state index in [1.807, 2.05) is 35.2 Å². The molecule has 2 aliphatic rings. The molecule has 160 valence electrons. The molecule has 0 aliphatic carbocycles. The van der Waals surface area contributed by atoms with Crippen molar-refractivity contribution in [2.24, 2.45) is 5.92 Å². The monoisotopic (exact) mass is 422 g/mol. The Kier molecular flexibility index (Phi) is 4.75. The van der Waals surface area contributed by atoms with E-state index < -0.39 is 16.8 Å². The van der Waals surface area contributed by atoms with E-state index in [1.165, 1.54) is 17.1 Å². The highest BCUT2D eigenvalue weighted by Crippen LogP contribution is 2.36. The zero-order valence-electron chi connectivity index (χ0n) is 16.5. The van der Waals surface area contributed by atoms with Crippen molar-refractivity contribution in [1.82, 2.24) is 29.7 Å². The summed E-state index contributed by atoms with van der Waals surface area (Å²) in [5.41, 5.74) is 0.734. The highest BCUT2D eigenvalue weighted by Gasteiger charge is 2.39.